The van der Waals surface area contributed by atoms with Gasteiger partial charge in [0.15, 0.2) is 5.11 Å². The van der Waals surface area contributed by atoms with Crippen molar-refractivity contribution in [3.05, 3.63) is 11.6 Å². The Morgan fingerprint density at radius 1 is 1.24 bits per heavy atom. The van der Waals surface area contributed by atoms with E-state index in [1.54, 1.807) is 13.8 Å². The average molecular weight is 391 g/mol. The molecule has 0 unspecified atom stereocenters. The van der Waals surface area contributed by atoms with Gasteiger partial charge in [-0.15, -0.1) is 0 Å². The molecular formula is C16H30N3O4PS. The van der Waals surface area contributed by atoms with Crippen LogP contribution in [0, 0.1) is 0 Å². The van der Waals surface area contributed by atoms with Crippen LogP contribution in [0.3, 0.4) is 0 Å². The Labute approximate surface area is 155 Å². The van der Waals surface area contributed by atoms with Crippen molar-refractivity contribution in [1.29, 1.82) is 0 Å². The third-order valence-corrected chi connectivity index (χ3v) is 6.02. The lowest BCUT2D eigenvalue weighted by molar-refractivity contribution is -0.121. The van der Waals surface area contributed by atoms with Gasteiger partial charge in [0.25, 0.3) is 0 Å². The maximum atomic E-state index is 12.3. The summed E-state index contributed by atoms with van der Waals surface area (Å²) in [7, 11) is -3.20. The van der Waals surface area contributed by atoms with Crippen molar-refractivity contribution < 1.29 is 18.4 Å². The van der Waals surface area contributed by atoms with Gasteiger partial charge in [-0.25, -0.2) is 0 Å². The number of carbonyl (C=O) groups is 1. The number of hydrogen-bond donors (Lipinski definition) is 3. The Balaban J connectivity index is 2.18. The summed E-state index contributed by atoms with van der Waals surface area (Å²) >= 11 is 5.12. The maximum Gasteiger partial charge on any atom is 0.331 e. The summed E-state index contributed by atoms with van der Waals surface area (Å²) in [6, 6.07) is 0. The fourth-order valence-corrected chi connectivity index (χ4v) is 4.25. The van der Waals surface area contributed by atoms with Crippen molar-refractivity contribution in [3.8, 4) is 0 Å². The molecule has 7 nitrogen and oxygen atoms in total. The smallest absolute Gasteiger partial charge is 0.331 e. The van der Waals surface area contributed by atoms with Crippen molar-refractivity contribution in [2.75, 3.05) is 25.9 Å². The highest BCUT2D eigenvalue weighted by atomic mass is 32.1. The van der Waals surface area contributed by atoms with E-state index >= 15 is 0 Å². The van der Waals surface area contributed by atoms with E-state index in [0.717, 1.165) is 13.0 Å². The van der Waals surface area contributed by atoms with Crippen LogP contribution in [0.25, 0.3) is 0 Å². The van der Waals surface area contributed by atoms with Gasteiger partial charge in [0.2, 0.25) is 5.91 Å². The highest BCUT2D eigenvalue weighted by Crippen LogP contribution is 2.48. The molecule has 1 aliphatic rings. The lowest BCUT2D eigenvalue weighted by atomic mass is 9.97. The molecule has 3 N–H and O–H groups in total. The Bertz CT molecular complexity index is 504. The molecule has 0 bridgehead atoms. The first kappa shape index (κ1) is 22.1. The van der Waals surface area contributed by atoms with Gasteiger partial charge in [0.1, 0.15) is 0 Å². The first-order valence-electron chi connectivity index (χ1n) is 8.87. The summed E-state index contributed by atoms with van der Waals surface area (Å²) in [6.07, 6.45) is 8.20. The molecule has 0 aromatic carbocycles. The Kier molecular flexibility index (Phi) is 11.0. The zero-order chi connectivity index (χ0) is 18.5. The van der Waals surface area contributed by atoms with E-state index in [0.29, 0.717) is 5.11 Å². The Hall–Kier alpha value is -0.950. The molecule has 25 heavy (non-hydrogen) atoms. The van der Waals surface area contributed by atoms with Gasteiger partial charge in [-0.05, 0) is 58.2 Å². The zero-order valence-corrected chi connectivity index (χ0v) is 16.8. The predicted octanol–water partition coefficient (Wildman–Crippen LogP) is 3.03. The van der Waals surface area contributed by atoms with Crippen molar-refractivity contribution in [2.24, 2.45) is 0 Å². The summed E-state index contributed by atoms with van der Waals surface area (Å²) in [4.78, 5) is 11.8. The molecule has 0 saturated carbocycles. The number of nitrogens with one attached hydrogen (secondary N) is 3. The zero-order valence-electron chi connectivity index (χ0n) is 15.1. The molecular weight excluding hydrogens is 361 g/mol. The molecule has 0 saturated heterocycles. The fourth-order valence-electron chi connectivity index (χ4n) is 2.50. The normalized spacial score (nSPS) is 14.6. The number of carbonyl (C=O) groups excluding carboxylic acids is 1. The molecule has 0 spiro atoms. The third kappa shape index (κ3) is 9.94. The first-order chi connectivity index (χ1) is 12.0. The standard InChI is InChI=1S/C16H30N3O4PS/c1-3-22-24(21,23-4-2)13-11-15(20)18-19-16(25)17-12-10-14-8-6-5-7-9-14/h8H,3-7,9-13H2,1-2H3,(H,18,20)(H2,17,19,25). The maximum absolute atomic E-state index is 12.3. The van der Waals surface area contributed by atoms with Crippen LogP contribution >= 0.6 is 19.8 Å². The van der Waals surface area contributed by atoms with Gasteiger partial charge < -0.3 is 14.4 Å². The van der Waals surface area contributed by atoms with E-state index < -0.39 is 7.60 Å². The Morgan fingerprint density at radius 3 is 2.56 bits per heavy atom. The number of rotatable bonds is 10. The van der Waals surface area contributed by atoms with E-state index in [-0.39, 0.29) is 31.7 Å². The molecule has 0 heterocycles. The highest BCUT2D eigenvalue weighted by molar-refractivity contribution is 7.80. The van der Waals surface area contributed by atoms with Gasteiger partial charge in [-0.1, -0.05) is 11.6 Å². The number of hydrogen-bond acceptors (Lipinski definition) is 5. The minimum absolute atomic E-state index is 0.0276. The monoisotopic (exact) mass is 391 g/mol. The van der Waals surface area contributed by atoms with E-state index in [1.165, 1.54) is 31.3 Å². The fraction of sp³-hybridized carbons (Fsp3) is 0.750. The first-order valence-corrected chi connectivity index (χ1v) is 11.0. The van der Waals surface area contributed by atoms with Crippen LogP contribution in [0.15, 0.2) is 11.6 Å². The van der Waals surface area contributed by atoms with Crippen LogP contribution < -0.4 is 16.2 Å². The molecule has 0 radical (unpaired) electrons. The molecule has 0 atom stereocenters. The van der Waals surface area contributed by atoms with Crippen LogP contribution in [0.2, 0.25) is 0 Å². The van der Waals surface area contributed by atoms with Crippen LogP contribution in [-0.2, 0) is 18.4 Å². The van der Waals surface area contributed by atoms with Crippen LogP contribution in [0.4, 0.5) is 0 Å². The Morgan fingerprint density at radius 2 is 1.96 bits per heavy atom. The molecule has 0 aromatic rings. The van der Waals surface area contributed by atoms with Gasteiger partial charge >= 0.3 is 7.60 Å². The van der Waals surface area contributed by atoms with Gasteiger partial charge in [-0.2, -0.15) is 0 Å². The largest absolute Gasteiger partial charge is 0.361 e. The summed E-state index contributed by atoms with van der Waals surface area (Å²) in [5.74, 6) is -0.321. The number of hydrazine groups is 1. The summed E-state index contributed by atoms with van der Waals surface area (Å²) in [6.45, 7) is 4.77. The molecule has 0 aliphatic heterocycles. The lowest BCUT2D eigenvalue weighted by Gasteiger charge is -2.17. The number of allylic oxidation sites excluding steroid dienone is 1. The van der Waals surface area contributed by atoms with E-state index in [1.807, 2.05) is 0 Å². The number of thiocarbonyl (C=S) groups is 1. The molecule has 0 fully saturated rings. The lowest BCUT2D eigenvalue weighted by Crippen LogP contribution is -2.47. The van der Waals surface area contributed by atoms with Crippen molar-refractivity contribution >= 4 is 30.8 Å². The van der Waals surface area contributed by atoms with Crippen LogP contribution in [-0.4, -0.2) is 36.9 Å². The van der Waals surface area contributed by atoms with Crippen molar-refractivity contribution in [3.63, 3.8) is 0 Å². The van der Waals surface area contributed by atoms with Gasteiger partial charge in [0.05, 0.1) is 19.4 Å². The summed E-state index contributed by atoms with van der Waals surface area (Å²) < 4.78 is 22.6. The predicted molar refractivity (Wildman–Crippen MR) is 103 cm³/mol. The van der Waals surface area contributed by atoms with Crippen LogP contribution in [0.5, 0.6) is 0 Å². The molecule has 144 valence electrons. The van der Waals surface area contributed by atoms with Crippen molar-refractivity contribution in [1.82, 2.24) is 16.2 Å². The van der Waals surface area contributed by atoms with Crippen LogP contribution in [0.1, 0.15) is 52.4 Å². The summed E-state index contributed by atoms with van der Waals surface area (Å²) in [5.41, 5.74) is 6.60. The minimum Gasteiger partial charge on any atom is -0.361 e. The third-order valence-electron chi connectivity index (χ3n) is 3.70. The van der Waals surface area contributed by atoms with E-state index in [2.05, 4.69) is 22.2 Å². The SMILES string of the molecule is CCOP(=O)(CCC(=O)NNC(=S)NCCC1=CCCCC1)OCC. The highest BCUT2D eigenvalue weighted by Gasteiger charge is 2.24. The quantitative estimate of drug-likeness (QED) is 0.228. The number of amides is 1. The second-order valence-electron chi connectivity index (χ2n) is 5.71. The second-order valence-corrected chi connectivity index (χ2v) is 8.30. The summed E-state index contributed by atoms with van der Waals surface area (Å²) in [5, 5.41) is 3.42. The molecule has 0 aromatic heterocycles. The molecule has 1 rings (SSSR count). The van der Waals surface area contributed by atoms with E-state index in [9.17, 15) is 9.36 Å². The topological polar surface area (TPSA) is 88.7 Å². The molecule has 9 heteroatoms. The van der Waals surface area contributed by atoms with Gasteiger partial charge in [0, 0.05) is 13.0 Å². The average Bonchev–Trinajstić information content (AvgIpc) is 2.60. The minimum atomic E-state index is -3.20. The molecule has 1 aliphatic carbocycles. The van der Waals surface area contributed by atoms with Crippen molar-refractivity contribution in [2.45, 2.75) is 52.4 Å². The molecule has 1 amide bonds. The van der Waals surface area contributed by atoms with Gasteiger partial charge in [-0.3, -0.25) is 20.2 Å². The van der Waals surface area contributed by atoms with E-state index in [4.69, 9.17) is 21.3 Å². The second kappa shape index (κ2) is 12.4.